The van der Waals surface area contributed by atoms with E-state index in [9.17, 15) is 19.5 Å². The number of aromatic nitrogens is 3. The molecule has 0 saturated carbocycles. The van der Waals surface area contributed by atoms with Gasteiger partial charge in [-0.3, -0.25) is 19.3 Å². The molecule has 6 rings (SSSR count). The number of rotatable bonds is 8. The van der Waals surface area contributed by atoms with E-state index in [1.807, 2.05) is 32.0 Å². The van der Waals surface area contributed by atoms with Crippen molar-refractivity contribution in [1.29, 1.82) is 0 Å². The maximum absolute atomic E-state index is 13.2. The largest absolute Gasteiger partial charge is 0.491 e. The third kappa shape index (κ3) is 5.09. The smallest absolute Gasteiger partial charge is 0.261 e. The van der Waals surface area contributed by atoms with E-state index in [1.165, 1.54) is 11.1 Å². The summed E-state index contributed by atoms with van der Waals surface area (Å²) in [7, 11) is 0. The topological polar surface area (TPSA) is 152 Å². The molecular formula is C30H32N6O5. The van der Waals surface area contributed by atoms with Crippen LogP contribution in [0.3, 0.4) is 0 Å². The normalized spacial score (nSPS) is 16.3. The van der Waals surface area contributed by atoms with Gasteiger partial charge in [-0.05, 0) is 69.6 Å². The molecule has 2 aliphatic heterocycles. The van der Waals surface area contributed by atoms with Gasteiger partial charge in [0.15, 0.2) is 0 Å². The number of hydrogen-bond donors (Lipinski definition) is 5. The third-order valence-electron chi connectivity index (χ3n) is 7.68. The van der Waals surface area contributed by atoms with Crippen LogP contribution in [0, 0.1) is 13.8 Å². The summed E-state index contributed by atoms with van der Waals surface area (Å²) < 4.78 is 5.78. The summed E-state index contributed by atoms with van der Waals surface area (Å²) in [5.74, 6) is 0.382. The lowest BCUT2D eigenvalue weighted by molar-refractivity contribution is 0.0555. The summed E-state index contributed by atoms with van der Waals surface area (Å²) in [5, 5.41) is 16.9. The summed E-state index contributed by atoms with van der Waals surface area (Å²) in [6.45, 7) is 5.69. The Balaban J connectivity index is 1.21. The molecule has 2 aromatic carbocycles. The minimum atomic E-state index is -0.846. The zero-order valence-electron chi connectivity index (χ0n) is 22.9. The molecule has 5 N–H and O–H groups in total. The molecule has 2 aliphatic rings. The number of carbonyl (C=O) groups is 2. The van der Waals surface area contributed by atoms with Gasteiger partial charge in [0.1, 0.15) is 29.8 Å². The number of carbonyl (C=O) groups excluding carboxylic acids is 2. The van der Waals surface area contributed by atoms with E-state index in [0.717, 1.165) is 37.1 Å². The summed E-state index contributed by atoms with van der Waals surface area (Å²) in [5.41, 5.74) is 4.13. The maximum Gasteiger partial charge on any atom is 0.261 e. The van der Waals surface area contributed by atoms with Crippen molar-refractivity contribution in [1.82, 2.24) is 25.2 Å². The standard InChI is InChI=1S/C30H32N6O5/c1-16-3-4-25(17(2)11-16)41-15-19(37)14-33-22-7-10-32-28(38)26(22)27-34-23-12-20-21(13-24(23)35-27)30(40)36(29(20)39)18-5-8-31-9-6-18/h3-4,7,10-13,18-19,31,37H,5-6,8-9,14-15H2,1-2H3,(H,34,35)(H2,32,33,38). The molecule has 2 aromatic heterocycles. The van der Waals surface area contributed by atoms with Gasteiger partial charge in [-0.15, -0.1) is 0 Å². The Bertz CT molecular complexity index is 1650. The molecule has 212 valence electrons. The lowest BCUT2D eigenvalue weighted by atomic mass is 10.1. The molecule has 0 aliphatic carbocycles. The Labute approximate surface area is 235 Å². The van der Waals surface area contributed by atoms with Crippen molar-refractivity contribution in [2.24, 2.45) is 0 Å². The van der Waals surface area contributed by atoms with Gasteiger partial charge in [-0.1, -0.05) is 17.7 Å². The number of anilines is 1. The number of pyridine rings is 1. The van der Waals surface area contributed by atoms with Crippen molar-refractivity contribution in [3.63, 3.8) is 0 Å². The molecule has 1 fully saturated rings. The first-order valence-electron chi connectivity index (χ1n) is 13.8. The zero-order chi connectivity index (χ0) is 28.7. The van der Waals surface area contributed by atoms with Crippen molar-refractivity contribution in [2.75, 3.05) is 31.6 Å². The first kappa shape index (κ1) is 26.7. The zero-order valence-corrected chi connectivity index (χ0v) is 22.9. The number of imidazole rings is 1. The van der Waals surface area contributed by atoms with Gasteiger partial charge in [0.25, 0.3) is 17.4 Å². The van der Waals surface area contributed by atoms with Crippen LogP contribution < -0.4 is 20.9 Å². The highest BCUT2D eigenvalue weighted by molar-refractivity contribution is 6.23. The van der Waals surface area contributed by atoms with Gasteiger partial charge >= 0.3 is 0 Å². The molecule has 11 heteroatoms. The average molecular weight is 557 g/mol. The predicted molar refractivity (Wildman–Crippen MR) is 154 cm³/mol. The van der Waals surface area contributed by atoms with Gasteiger partial charge in [-0.2, -0.15) is 0 Å². The molecule has 1 unspecified atom stereocenters. The van der Waals surface area contributed by atoms with Crippen LogP contribution in [0.1, 0.15) is 44.7 Å². The number of nitrogens with one attached hydrogen (secondary N) is 4. The molecular weight excluding hydrogens is 524 g/mol. The van der Waals surface area contributed by atoms with Gasteiger partial charge in [0.05, 0.1) is 27.8 Å². The van der Waals surface area contributed by atoms with Gasteiger partial charge < -0.3 is 30.4 Å². The number of aliphatic hydroxyl groups excluding tert-OH is 1. The van der Waals surface area contributed by atoms with E-state index in [-0.39, 0.29) is 48.0 Å². The summed E-state index contributed by atoms with van der Waals surface area (Å²) in [6.07, 6.45) is 2.12. The number of H-pyrrole nitrogens is 2. The molecule has 4 aromatic rings. The van der Waals surface area contributed by atoms with Crippen LogP contribution >= 0.6 is 0 Å². The van der Waals surface area contributed by atoms with Crippen LogP contribution in [0.5, 0.6) is 5.75 Å². The highest BCUT2D eigenvalue weighted by atomic mass is 16.5. The fraction of sp³-hybridized carbons (Fsp3) is 0.333. The van der Waals surface area contributed by atoms with Gasteiger partial charge in [0, 0.05) is 18.8 Å². The Morgan fingerprint density at radius 2 is 1.83 bits per heavy atom. The lowest BCUT2D eigenvalue weighted by Gasteiger charge is -2.29. The number of aryl methyl sites for hydroxylation is 2. The number of aromatic amines is 2. The Hall–Kier alpha value is -4.48. The Morgan fingerprint density at radius 3 is 2.59 bits per heavy atom. The van der Waals surface area contributed by atoms with Crippen LogP contribution in [-0.4, -0.2) is 75.2 Å². The van der Waals surface area contributed by atoms with E-state index in [2.05, 4.69) is 25.6 Å². The average Bonchev–Trinajstić information content (AvgIpc) is 3.48. The molecule has 0 spiro atoms. The molecule has 0 bridgehead atoms. The second kappa shape index (κ2) is 10.8. The van der Waals surface area contributed by atoms with E-state index < -0.39 is 6.10 Å². The summed E-state index contributed by atoms with van der Waals surface area (Å²) in [6, 6.07) is 10.7. The number of piperidine rings is 1. The second-order valence-electron chi connectivity index (χ2n) is 10.7. The van der Waals surface area contributed by atoms with Crippen LogP contribution in [0.4, 0.5) is 5.69 Å². The number of aliphatic hydroxyl groups is 1. The monoisotopic (exact) mass is 556 g/mol. The van der Waals surface area contributed by atoms with Crippen molar-refractivity contribution in [2.45, 2.75) is 38.8 Å². The third-order valence-corrected chi connectivity index (χ3v) is 7.68. The van der Waals surface area contributed by atoms with Crippen molar-refractivity contribution >= 4 is 28.5 Å². The number of benzene rings is 2. The van der Waals surface area contributed by atoms with Crippen LogP contribution in [0.15, 0.2) is 47.4 Å². The van der Waals surface area contributed by atoms with Crippen molar-refractivity contribution in [3.05, 3.63) is 75.2 Å². The first-order chi connectivity index (χ1) is 19.8. The number of hydrogen-bond acceptors (Lipinski definition) is 8. The van der Waals surface area contributed by atoms with E-state index in [4.69, 9.17) is 4.74 Å². The molecule has 41 heavy (non-hydrogen) atoms. The lowest BCUT2D eigenvalue weighted by Crippen LogP contribution is -2.45. The molecule has 1 atom stereocenters. The predicted octanol–water partition coefficient (Wildman–Crippen LogP) is 2.73. The van der Waals surface area contributed by atoms with Crippen LogP contribution in [0.2, 0.25) is 0 Å². The number of fused-ring (bicyclic) bond motifs is 2. The Kier molecular flexibility index (Phi) is 7.06. The van der Waals surface area contributed by atoms with Gasteiger partial charge in [0.2, 0.25) is 0 Å². The second-order valence-corrected chi connectivity index (χ2v) is 10.7. The minimum Gasteiger partial charge on any atom is -0.491 e. The van der Waals surface area contributed by atoms with Crippen LogP contribution in [-0.2, 0) is 0 Å². The number of nitrogens with zero attached hydrogens (tertiary/aromatic N) is 2. The Morgan fingerprint density at radius 1 is 1.07 bits per heavy atom. The molecule has 1 saturated heterocycles. The highest BCUT2D eigenvalue weighted by Gasteiger charge is 2.40. The molecule has 4 heterocycles. The van der Waals surface area contributed by atoms with E-state index in [0.29, 0.717) is 33.6 Å². The fourth-order valence-corrected chi connectivity index (χ4v) is 5.57. The van der Waals surface area contributed by atoms with Gasteiger partial charge in [-0.25, -0.2) is 4.98 Å². The molecule has 2 amide bonds. The van der Waals surface area contributed by atoms with Crippen molar-refractivity contribution in [3.8, 4) is 17.1 Å². The summed E-state index contributed by atoms with van der Waals surface area (Å²) in [4.78, 5) is 51.1. The number of amides is 2. The maximum atomic E-state index is 13.2. The van der Waals surface area contributed by atoms with E-state index in [1.54, 1.807) is 18.2 Å². The van der Waals surface area contributed by atoms with Crippen molar-refractivity contribution < 1.29 is 19.4 Å². The number of ether oxygens (including phenoxy) is 1. The minimum absolute atomic E-state index is 0.0715. The first-order valence-corrected chi connectivity index (χ1v) is 13.8. The number of imide groups is 1. The molecule has 11 nitrogen and oxygen atoms in total. The fourth-order valence-electron chi connectivity index (χ4n) is 5.57. The van der Waals surface area contributed by atoms with E-state index >= 15 is 0 Å². The molecule has 0 radical (unpaired) electrons. The highest BCUT2D eigenvalue weighted by Crippen LogP contribution is 2.32. The van der Waals surface area contributed by atoms with Crippen LogP contribution in [0.25, 0.3) is 22.4 Å². The SMILES string of the molecule is Cc1ccc(OCC(O)CNc2cc[nH]c(=O)c2-c2nc3cc4c(cc3[nH]2)C(=O)N(C2CCNCC2)C4=O)c(C)c1. The quantitative estimate of drug-likeness (QED) is 0.208. The summed E-state index contributed by atoms with van der Waals surface area (Å²) >= 11 is 0.